The normalized spacial score (nSPS) is 34.9. The molecule has 174 valence electrons. The Hall–Kier alpha value is -2.14. The van der Waals surface area contributed by atoms with Gasteiger partial charge in [-0.15, -0.1) is 0 Å². The summed E-state index contributed by atoms with van der Waals surface area (Å²) in [5.41, 5.74) is 3.42. The van der Waals surface area contributed by atoms with E-state index in [9.17, 15) is 0 Å². The second-order valence-electron chi connectivity index (χ2n) is 11.4. The lowest BCUT2D eigenvalue weighted by Crippen LogP contribution is -2.58. The highest BCUT2D eigenvalue weighted by molar-refractivity contribution is 5.80. The SMILES string of the molecule is c1ccc2c(c1)nc(-c1cnc[nH]1)n2C1CC2CCCC(C1)N2C1CC2CCCCC(C2)C1. The van der Waals surface area contributed by atoms with Gasteiger partial charge >= 0.3 is 0 Å². The number of hydrogen-bond donors (Lipinski definition) is 1. The first kappa shape index (κ1) is 20.3. The zero-order chi connectivity index (χ0) is 21.8. The molecule has 2 saturated carbocycles. The number of hydrogen-bond acceptors (Lipinski definition) is 3. The van der Waals surface area contributed by atoms with Crippen LogP contribution in [0.25, 0.3) is 22.6 Å². The van der Waals surface area contributed by atoms with Crippen molar-refractivity contribution in [3.8, 4) is 11.5 Å². The first-order chi connectivity index (χ1) is 16.3. The lowest BCUT2D eigenvalue weighted by Gasteiger charge is -2.54. The molecular formula is C28H37N5. The van der Waals surface area contributed by atoms with Gasteiger partial charge in [-0.2, -0.15) is 0 Å². The molecule has 4 aliphatic rings. The van der Waals surface area contributed by atoms with Crippen molar-refractivity contribution in [2.45, 2.75) is 101 Å². The summed E-state index contributed by atoms with van der Waals surface area (Å²) in [5, 5.41) is 0. The number of H-pyrrole nitrogens is 1. The number of rotatable bonds is 3. The highest BCUT2D eigenvalue weighted by Crippen LogP contribution is 2.47. The lowest BCUT2D eigenvalue weighted by atomic mass is 9.73. The van der Waals surface area contributed by atoms with E-state index in [1.807, 2.05) is 6.20 Å². The molecule has 4 fully saturated rings. The van der Waals surface area contributed by atoms with Gasteiger partial charge in [-0.05, 0) is 68.9 Å². The zero-order valence-electron chi connectivity index (χ0n) is 19.7. The van der Waals surface area contributed by atoms with E-state index in [-0.39, 0.29) is 0 Å². The van der Waals surface area contributed by atoms with Crippen LogP contribution in [0, 0.1) is 11.8 Å². The molecule has 2 aromatic heterocycles. The maximum Gasteiger partial charge on any atom is 0.159 e. The van der Waals surface area contributed by atoms with Crippen LogP contribution < -0.4 is 0 Å². The van der Waals surface area contributed by atoms with Crippen LogP contribution in [0.15, 0.2) is 36.8 Å². The minimum Gasteiger partial charge on any atom is -0.342 e. The Morgan fingerprint density at radius 2 is 1.52 bits per heavy atom. The maximum atomic E-state index is 5.06. The quantitative estimate of drug-likeness (QED) is 0.514. The molecule has 0 spiro atoms. The first-order valence-electron chi connectivity index (χ1n) is 13.6. The zero-order valence-corrected chi connectivity index (χ0v) is 19.7. The molecule has 5 nitrogen and oxygen atoms in total. The van der Waals surface area contributed by atoms with Gasteiger partial charge in [0.2, 0.25) is 0 Å². The number of para-hydroxylation sites is 2. The molecule has 1 aromatic carbocycles. The summed E-state index contributed by atoms with van der Waals surface area (Å²) in [7, 11) is 0. The van der Waals surface area contributed by atoms with E-state index in [4.69, 9.17) is 4.98 Å². The molecule has 1 N–H and O–H groups in total. The number of piperidine rings is 2. The summed E-state index contributed by atoms with van der Waals surface area (Å²) in [6.45, 7) is 0. The number of nitrogens with zero attached hydrogens (tertiary/aromatic N) is 4. The van der Waals surface area contributed by atoms with Crippen molar-refractivity contribution in [2.24, 2.45) is 11.8 Å². The first-order valence-corrected chi connectivity index (χ1v) is 13.6. The van der Waals surface area contributed by atoms with Crippen LogP contribution in [0.4, 0.5) is 0 Å². The largest absolute Gasteiger partial charge is 0.342 e. The fraction of sp³-hybridized carbons (Fsp3) is 0.643. The third-order valence-corrected chi connectivity index (χ3v) is 9.48. The summed E-state index contributed by atoms with van der Waals surface area (Å²) in [5.74, 6) is 3.06. The summed E-state index contributed by atoms with van der Waals surface area (Å²) in [6.07, 6.45) is 20.8. The molecule has 2 saturated heterocycles. The van der Waals surface area contributed by atoms with Gasteiger partial charge in [0, 0.05) is 24.2 Å². The van der Waals surface area contributed by atoms with Crippen molar-refractivity contribution < 1.29 is 0 Å². The van der Waals surface area contributed by atoms with Crippen molar-refractivity contribution in [2.75, 3.05) is 0 Å². The molecule has 7 rings (SSSR count). The predicted molar refractivity (Wildman–Crippen MR) is 132 cm³/mol. The molecule has 4 bridgehead atoms. The summed E-state index contributed by atoms with van der Waals surface area (Å²) in [4.78, 5) is 15.8. The molecule has 3 aromatic rings. The summed E-state index contributed by atoms with van der Waals surface area (Å²) < 4.78 is 2.56. The van der Waals surface area contributed by atoms with Crippen molar-refractivity contribution in [3.05, 3.63) is 36.8 Å². The molecule has 4 atom stereocenters. The van der Waals surface area contributed by atoms with Gasteiger partial charge in [0.1, 0.15) is 5.69 Å². The number of imidazole rings is 2. The van der Waals surface area contributed by atoms with E-state index in [0.29, 0.717) is 6.04 Å². The summed E-state index contributed by atoms with van der Waals surface area (Å²) >= 11 is 0. The standard InChI is InChI=1S/C28H37N5/c1-2-7-20-12-19(6-1)13-23(14-20)32-21-8-5-9-22(32)16-24(15-21)33-27-11-4-3-10-25(27)31-28(33)26-17-29-18-30-26/h3-4,10-11,17-24H,1-2,5-9,12-16H2,(H,29,30). The summed E-state index contributed by atoms with van der Waals surface area (Å²) in [6, 6.07) is 11.5. The molecule has 0 radical (unpaired) electrons. The van der Waals surface area contributed by atoms with E-state index in [2.05, 4.69) is 43.7 Å². The van der Waals surface area contributed by atoms with Crippen molar-refractivity contribution in [1.82, 2.24) is 24.4 Å². The van der Waals surface area contributed by atoms with Gasteiger partial charge in [0.25, 0.3) is 0 Å². The van der Waals surface area contributed by atoms with Gasteiger partial charge in [-0.3, -0.25) is 4.90 Å². The average molecular weight is 444 g/mol. The highest BCUT2D eigenvalue weighted by atomic mass is 15.3. The minimum atomic E-state index is 0.521. The molecule has 4 unspecified atom stereocenters. The fourth-order valence-corrected chi connectivity index (χ4v) is 8.29. The maximum absolute atomic E-state index is 5.06. The third-order valence-electron chi connectivity index (χ3n) is 9.48. The van der Waals surface area contributed by atoms with E-state index in [0.717, 1.165) is 47.0 Å². The van der Waals surface area contributed by atoms with E-state index < -0.39 is 0 Å². The van der Waals surface area contributed by atoms with Crippen LogP contribution in [0.1, 0.15) is 83.1 Å². The fourth-order valence-electron chi connectivity index (χ4n) is 8.29. The minimum absolute atomic E-state index is 0.521. The van der Waals surface area contributed by atoms with Crippen LogP contribution in [0.3, 0.4) is 0 Å². The Morgan fingerprint density at radius 3 is 2.24 bits per heavy atom. The van der Waals surface area contributed by atoms with Crippen LogP contribution >= 0.6 is 0 Å². The van der Waals surface area contributed by atoms with Crippen molar-refractivity contribution in [1.29, 1.82) is 0 Å². The van der Waals surface area contributed by atoms with Crippen LogP contribution in [0.5, 0.6) is 0 Å². The predicted octanol–water partition coefficient (Wildman–Crippen LogP) is 6.34. The Kier molecular flexibility index (Phi) is 5.07. The molecule has 0 amide bonds. The number of benzene rings is 1. The van der Waals surface area contributed by atoms with Crippen LogP contribution in [0.2, 0.25) is 0 Å². The van der Waals surface area contributed by atoms with Gasteiger partial charge in [-0.25, -0.2) is 9.97 Å². The number of nitrogens with one attached hydrogen (secondary N) is 1. The van der Waals surface area contributed by atoms with Crippen LogP contribution in [-0.4, -0.2) is 42.5 Å². The van der Waals surface area contributed by atoms with Crippen molar-refractivity contribution >= 4 is 11.0 Å². The van der Waals surface area contributed by atoms with Gasteiger partial charge in [-0.1, -0.05) is 44.2 Å². The second kappa shape index (κ2) is 8.26. The molecule has 4 heterocycles. The molecule has 2 aliphatic heterocycles. The van der Waals surface area contributed by atoms with E-state index in [1.165, 1.54) is 82.6 Å². The molecular weight excluding hydrogens is 406 g/mol. The second-order valence-corrected chi connectivity index (χ2v) is 11.4. The Morgan fingerprint density at radius 1 is 0.758 bits per heavy atom. The lowest BCUT2D eigenvalue weighted by molar-refractivity contribution is -0.0415. The van der Waals surface area contributed by atoms with E-state index in [1.54, 1.807) is 6.33 Å². The molecule has 5 heteroatoms. The molecule has 33 heavy (non-hydrogen) atoms. The third kappa shape index (κ3) is 3.54. The Labute approximate surface area is 197 Å². The number of aromatic nitrogens is 4. The Bertz CT molecular complexity index is 1070. The monoisotopic (exact) mass is 443 g/mol. The average Bonchev–Trinajstić information content (AvgIpc) is 3.45. The van der Waals surface area contributed by atoms with Gasteiger partial charge in [0.15, 0.2) is 5.82 Å². The highest BCUT2D eigenvalue weighted by Gasteiger charge is 2.45. The number of fused-ring (bicyclic) bond motifs is 5. The molecule has 2 aliphatic carbocycles. The van der Waals surface area contributed by atoms with Crippen molar-refractivity contribution in [3.63, 3.8) is 0 Å². The van der Waals surface area contributed by atoms with Gasteiger partial charge < -0.3 is 9.55 Å². The number of aromatic amines is 1. The van der Waals surface area contributed by atoms with Gasteiger partial charge in [0.05, 0.1) is 23.6 Å². The Balaban J connectivity index is 1.22. The van der Waals surface area contributed by atoms with Crippen LogP contribution in [-0.2, 0) is 0 Å². The van der Waals surface area contributed by atoms with E-state index >= 15 is 0 Å². The smallest absolute Gasteiger partial charge is 0.159 e. The topological polar surface area (TPSA) is 49.7 Å².